The minimum Gasteiger partial charge on any atom is -0.495 e. The fraction of sp³-hybridized carbons (Fsp3) is 0.655. The Morgan fingerprint density at radius 2 is 2.03 bits per heavy atom. The molecule has 0 bridgehead atoms. The maximum Gasteiger partial charge on any atom is 0.243 e. The van der Waals surface area contributed by atoms with Gasteiger partial charge in [0.15, 0.2) is 0 Å². The van der Waals surface area contributed by atoms with Crippen molar-refractivity contribution in [3.05, 3.63) is 41.7 Å². The van der Waals surface area contributed by atoms with Crippen molar-refractivity contribution >= 4 is 11.5 Å². The van der Waals surface area contributed by atoms with Crippen LogP contribution in [0.3, 0.4) is 0 Å². The third-order valence-electron chi connectivity index (χ3n) is 9.89. The van der Waals surface area contributed by atoms with Crippen molar-refractivity contribution < 1.29 is 9.53 Å². The van der Waals surface area contributed by atoms with Crippen LogP contribution in [0.5, 0.6) is 5.75 Å². The Hall–Kier alpha value is -2.10. The summed E-state index contributed by atoms with van der Waals surface area (Å²) >= 11 is 0. The highest BCUT2D eigenvalue weighted by atomic mass is 16.5. The van der Waals surface area contributed by atoms with Gasteiger partial charge in [0, 0.05) is 18.8 Å². The zero-order chi connectivity index (χ0) is 23.2. The number of methoxy groups -OCH3 is 1. The maximum atomic E-state index is 12.5. The van der Waals surface area contributed by atoms with E-state index in [1.807, 2.05) is 12.3 Å². The average molecular weight is 449 g/mol. The van der Waals surface area contributed by atoms with Crippen molar-refractivity contribution in [2.24, 2.45) is 34.5 Å². The van der Waals surface area contributed by atoms with Gasteiger partial charge in [-0.15, -0.1) is 0 Å². The van der Waals surface area contributed by atoms with Crippen molar-refractivity contribution in [2.45, 2.75) is 72.1 Å². The molecular weight excluding hydrogens is 408 g/mol. The van der Waals surface area contributed by atoms with Gasteiger partial charge in [-0.2, -0.15) is 0 Å². The van der Waals surface area contributed by atoms with Crippen molar-refractivity contribution in [1.82, 2.24) is 10.3 Å². The van der Waals surface area contributed by atoms with E-state index in [1.54, 1.807) is 13.3 Å². The summed E-state index contributed by atoms with van der Waals surface area (Å²) in [6.07, 6.45) is 18.0. The molecule has 0 saturated heterocycles. The van der Waals surface area contributed by atoms with Crippen molar-refractivity contribution in [1.29, 1.82) is 0 Å². The lowest BCUT2D eigenvalue weighted by Gasteiger charge is -2.59. The number of rotatable bonds is 5. The lowest BCUT2D eigenvalue weighted by Crippen LogP contribution is -2.51. The SMILES string of the molecule is CCCCC1CC2C3CC=C(c4cncc(OC)c4)C3(C)CCC2C2(C)CCNC(=O)C=C12. The van der Waals surface area contributed by atoms with Crippen LogP contribution in [0.25, 0.3) is 5.57 Å². The van der Waals surface area contributed by atoms with E-state index in [1.165, 1.54) is 55.2 Å². The molecule has 4 nitrogen and oxygen atoms in total. The van der Waals surface area contributed by atoms with Crippen LogP contribution in [-0.2, 0) is 4.79 Å². The average Bonchev–Trinajstić information content (AvgIpc) is 3.08. The van der Waals surface area contributed by atoms with E-state index in [0.717, 1.165) is 25.1 Å². The molecule has 2 heterocycles. The first-order valence-electron chi connectivity index (χ1n) is 13.1. The van der Waals surface area contributed by atoms with Crippen LogP contribution in [0.2, 0.25) is 0 Å². The van der Waals surface area contributed by atoms with Crippen LogP contribution >= 0.6 is 0 Å². The number of nitrogens with one attached hydrogen (secondary N) is 1. The normalized spacial score (nSPS) is 37.6. The molecule has 0 spiro atoms. The fourth-order valence-corrected chi connectivity index (χ4v) is 8.21. The van der Waals surface area contributed by atoms with Gasteiger partial charge in [-0.05, 0) is 90.2 Å². The van der Waals surface area contributed by atoms with E-state index in [-0.39, 0.29) is 16.7 Å². The van der Waals surface area contributed by atoms with Gasteiger partial charge >= 0.3 is 0 Å². The minimum absolute atomic E-state index is 0.129. The molecule has 0 aromatic carbocycles. The Labute approximate surface area is 199 Å². The van der Waals surface area contributed by atoms with Gasteiger partial charge in [0.2, 0.25) is 5.91 Å². The van der Waals surface area contributed by atoms with E-state index >= 15 is 0 Å². The highest BCUT2D eigenvalue weighted by Crippen LogP contribution is 2.67. The molecule has 1 amide bonds. The van der Waals surface area contributed by atoms with E-state index < -0.39 is 0 Å². The Bertz CT molecular complexity index is 982. The Kier molecular flexibility index (Phi) is 5.91. The van der Waals surface area contributed by atoms with Crippen LogP contribution in [0.15, 0.2) is 36.2 Å². The number of amides is 1. The molecule has 33 heavy (non-hydrogen) atoms. The molecule has 5 rings (SSSR count). The van der Waals surface area contributed by atoms with E-state index in [0.29, 0.717) is 23.7 Å². The van der Waals surface area contributed by atoms with Gasteiger partial charge in [-0.25, -0.2) is 0 Å². The van der Waals surface area contributed by atoms with Gasteiger partial charge in [-0.3, -0.25) is 9.78 Å². The second-order valence-electron chi connectivity index (χ2n) is 11.4. The number of hydrogen-bond acceptors (Lipinski definition) is 3. The van der Waals surface area contributed by atoms with Crippen LogP contribution in [-0.4, -0.2) is 24.5 Å². The zero-order valence-corrected chi connectivity index (χ0v) is 20.8. The molecule has 0 radical (unpaired) electrons. The Balaban J connectivity index is 1.50. The molecule has 3 aliphatic carbocycles. The highest BCUT2D eigenvalue weighted by Gasteiger charge is 2.58. The molecule has 6 atom stereocenters. The Morgan fingerprint density at radius 3 is 2.82 bits per heavy atom. The van der Waals surface area contributed by atoms with Crippen molar-refractivity contribution in [3.8, 4) is 5.75 Å². The lowest BCUT2D eigenvalue weighted by molar-refractivity contribution is -0.116. The number of allylic oxidation sites excluding steroid dienone is 3. The molecule has 2 fully saturated rings. The smallest absolute Gasteiger partial charge is 0.243 e. The summed E-state index contributed by atoms with van der Waals surface area (Å²) in [6.45, 7) is 8.10. The number of nitrogens with zero attached hydrogens (tertiary/aromatic N) is 1. The summed E-state index contributed by atoms with van der Waals surface area (Å²) in [5.41, 5.74) is 4.51. The molecule has 4 aliphatic rings. The number of carbonyl (C=O) groups is 1. The van der Waals surface area contributed by atoms with Crippen LogP contribution in [0.4, 0.5) is 0 Å². The fourth-order valence-electron chi connectivity index (χ4n) is 8.21. The van der Waals surface area contributed by atoms with Gasteiger partial charge in [0.1, 0.15) is 5.75 Å². The first-order valence-corrected chi connectivity index (χ1v) is 13.1. The second kappa shape index (κ2) is 8.60. The first kappa shape index (κ1) is 22.7. The first-order chi connectivity index (χ1) is 15.9. The van der Waals surface area contributed by atoms with Crippen LogP contribution < -0.4 is 10.1 Å². The minimum atomic E-state index is 0.129. The predicted molar refractivity (Wildman–Crippen MR) is 133 cm³/mol. The highest BCUT2D eigenvalue weighted by molar-refractivity contribution is 5.89. The molecule has 1 aliphatic heterocycles. The summed E-state index contributed by atoms with van der Waals surface area (Å²) in [7, 11) is 1.72. The number of aromatic nitrogens is 1. The quantitative estimate of drug-likeness (QED) is 0.584. The molecule has 178 valence electrons. The molecule has 1 N–H and O–H groups in total. The molecule has 1 aromatic heterocycles. The third-order valence-corrected chi connectivity index (χ3v) is 9.89. The van der Waals surface area contributed by atoms with Crippen LogP contribution in [0.1, 0.15) is 77.7 Å². The van der Waals surface area contributed by atoms with Gasteiger partial charge in [0.25, 0.3) is 0 Å². The molecule has 6 unspecified atom stereocenters. The number of hydrogen-bond donors (Lipinski definition) is 1. The number of unbranched alkanes of at least 4 members (excludes halogenated alkanes) is 1. The molecular formula is C29H40N2O2. The Morgan fingerprint density at radius 1 is 1.18 bits per heavy atom. The largest absolute Gasteiger partial charge is 0.495 e. The summed E-state index contributed by atoms with van der Waals surface area (Å²) in [5.74, 6) is 3.57. The van der Waals surface area contributed by atoms with E-state index in [2.05, 4.69) is 43.2 Å². The van der Waals surface area contributed by atoms with Gasteiger partial charge in [0.05, 0.1) is 13.3 Å². The topological polar surface area (TPSA) is 51.2 Å². The number of carbonyl (C=O) groups excluding carboxylic acids is 1. The van der Waals surface area contributed by atoms with E-state index in [9.17, 15) is 4.79 Å². The summed E-state index contributed by atoms with van der Waals surface area (Å²) in [5, 5.41) is 3.15. The standard InChI is InChI=1S/C29H40N2O2/c1-5-6-7-19-15-22-24-9-8-23(20-14-21(33-4)18-30-17-20)28(24,2)11-10-25(22)29(3)12-13-31-27(32)16-26(19)29/h8,14,16-19,22,24-25H,5-7,9-13,15H2,1-4H3,(H,31,32). The predicted octanol–water partition coefficient (Wildman–Crippen LogP) is 6.19. The summed E-state index contributed by atoms with van der Waals surface area (Å²) in [6, 6.07) is 2.16. The number of ether oxygens (including phenoxy) is 1. The molecule has 1 aromatic rings. The third kappa shape index (κ3) is 3.65. The van der Waals surface area contributed by atoms with Crippen LogP contribution in [0, 0.1) is 34.5 Å². The maximum absolute atomic E-state index is 12.5. The zero-order valence-electron chi connectivity index (χ0n) is 20.8. The van der Waals surface area contributed by atoms with Gasteiger partial charge < -0.3 is 10.1 Å². The van der Waals surface area contributed by atoms with Gasteiger partial charge in [-0.1, -0.05) is 45.3 Å². The second-order valence-corrected chi connectivity index (χ2v) is 11.4. The summed E-state index contributed by atoms with van der Waals surface area (Å²) < 4.78 is 5.48. The lowest BCUT2D eigenvalue weighted by atomic mass is 9.45. The number of fused-ring (bicyclic) bond motifs is 5. The number of pyridine rings is 1. The van der Waals surface area contributed by atoms with Crippen molar-refractivity contribution in [2.75, 3.05) is 13.7 Å². The summed E-state index contributed by atoms with van der Waals surface area (Å²) in [4.78, 5) is 17.0. The van der Waals surface area contributed by atoms with E-state index in [4.69, 9.17) is 4.74 Å². The molecule has 4 heteroatoms. The molecule has 2 saturated carbocycles. The van der Waals surface area contributed by atoms with Crippen molar-refractivity contribution in [3.63, 3.8) is 0 Å². The monoisotopic (exact) mass is 448 g/mol.